The van der Waals surface area contributed by atoms with Crippen molar-refractivity contribution in [3.05, 3.63) is 23.3 Å². The molecule has 0 heterocycles. The van der Waals surface area contributed by atoms with Gasteiger partial charge in [-0.3, -0.25) is 9.59 Å². The van der Waals surface area contributed by atoms with Gasteiger partial charge < -0.3 is 0 Å². The second-order valence-corrected chi connectivity index (χ2v) is 5.56. The molecule has 0 radical (unpaired) electrons. The highest BCUT2D eigenvalue weighted by Crippen LogP contribution is 2.14. The largest absolute Gasteiger partial charge is 0.295 e. The molecule has 0 aromatic carbocycles. The fourth-order valence-corrected chi connectivity index (χ4v) is 1.71. The first kappa shape index (κ1) is 16.8. The van der Waals surface area contributed by atoms with E-state index in [1.165, 1.54) is 0 Å². The number of hydrogen-bond acceptors (Lipinski definition) is 2. The van der Waals surface area contributed by atoms with Gasteiger partial charge in [-0.15, -0.1) is 0 Å². The highest BCUT2D eigenvalue weighted by molar-refractivity contribution is 5.90. The quantitative estimate of drug-likeness (QED) is 0.603. The van der Waals surface area contributed by atoms with Gasteiger partial charge in [0.1, 0.15) is 0 Å². The zero-order valence-corrected chi connectivity index (χ0v) is 12.4. The minimum atomic E-state index is 0.192. The first-order valence-corrected chi connectivity index (χ1v) is 6.66. The van der Waals surface area contributed by atoms with Crippen LogP contribution in [0, 0.1) is 5.92 Å². The van der Waals surface area contributed by atoms with Crippen molar-refractivity contribution in [2.75, 3.05) is 0 Å². The predicted octanol–water partition coefficient (Wildman–Crippen LogP) is 4.25. The summed E-state index contributed by atoms with van der Waals surface area (Å²) in [4.78, 5) is 23.0. The van der Waals surface area contributed by atoms with E-state index in [0.717, 1.165) is 24.0 Å². The summed E-state index contributed by atoms with van der Waals surface area (Å²) in [6.45, 7) is 9.82. The van der Waals surface area contributed by atoms with Crippen molar-refractivity contribution in [3.8, 4) is 0 Å². The second kappa shape index (κ2) is 8.84. The van der Waals surface area contributed by atoms with Gasteiger partial charge >= 0.3 is 0 Å². The van der Waals surface area contributed by atoms with E-state index in [-0.39, 0.29) is 11.6 Å². The molecule has 0 rings (SSSR count). The third-order valence-corrected chi connectivity index (χ3v) is 2.67. The van der Waals surface area contributed by atoms with Crippen molar-refractivity contribution in [1.82, 2.24) is 0 Å². The Morgan fingerprint density at radius 2 is 1.17 bits per heavy atom. The fourth-order valence-electron chi connectivity index (χ4n) is 1.71. The molecule has 2 heteroatoms. The molecule has 0 atom stereocenters. The molecule has 18 heavy (non-hydrogen) atoms. The summed E-state index contributed by atoms with van der Waals surface area (Å²) in [5.41, 5.74) is 2.10. The van der Waals surface area contributed by atoms with Crippen molar-refractivity contribution < 1.29 is 9.59 Å². The highest BCUT2D eigenvalue weighted by atomic mass is 16.1. The Bertz CT molecular complexity index is 306. The van der Waals surface area contributed by atoms with E-state index in [0.29, 0.717) is 18.8 Å². The van der Waals surface area contributed by atoms with Crippen molar-refractivity contribution >= 4 is 11.6 Å². The van der Waals surface area contributed by atoms with E-state index in [9.17, 15) is 9.59 Å². The van der Waals surface area contributed by atoms with Crippen LogP contribution >= 0.6 is 0 Å². The summed E-state index contributed by atoms with van der Waals surface area (Å²) < 4.78 is 0. The van der Waals surface area contributed by atoms with Crippen LogP contribution in [0.2, 0.25) is 0 Å². The van der Waals surface area contributed by atoms with Crippen molar-refractivity contribution in [2.24, 2.45) is 5.92 Å². The Morgan fingerprint density at radius 3 is 1.44 bits per heavy atom. The van der Waals surface area contributed by atoms with Crippen molar-refractivity contribution in [2.45, 2.75) is 60.3 Å². The Labute approximate surface area is 111 Å². The lowest BCUT2D eigenvalue weighted by atomic mass is 9.96. The van der Waals surface area contributed by atoms with Crippen LogP contribution in [0.1, 0.15) is 60.3 Å². The van der Waals surface area contributed by atoms with Gasteiger partial charge in [-0.05, 0) is 58.6 Å². The maximum atomic E-state index is 11.5. The maximum absolute atomic E-state index is 11.5. The molecular weight excluding hydrogens is 224 g/mol. The third kappa shape index (κ3) is 10.0. The zero-order chi connectivity index (χ0) is 14.1. The molecule has 0 saturated heterocycles. The van der Waals surface area contributed by atoms with E-state index in [2.05, 4.69) is 6.92 Å². The first-order valence-electron chi connectivity index (χ1n) is 6.66. The molecule has 0 aliphatic carbocycles. The summed E-state index contributed by atoms with van der Waals surface area (Å²) >= 11 is 0. The number of hydrogen-bond donors (Lipinski definition) is 0. The van der Waals surface area contributed by atoms with Crippen LogP contribution in [-0.2, 0) is 9.59 Å². The van der Waals surface area contributed by atoms with E-state index in [4.69, 9.17) is 0 Å². The molecule has 0 amide bonds. The molecule has 0 aliphatic rings. The van der Waals surface area contributed by atoms with Crippen molar-refractivity contribution in [1.29, 1.82) is 0 Å². The van der Waals surface area contributed by atoms with Gasteiger partial charge in [-0.1, -0.05) is 18.1 Å². The molecule has 0 N–H and O–H groups in total. The number of carbonyl (C=O) groups is 2. The van der Waals surface area contributed by atoms with Crippen LogP contribution < -0.4 is 0 Å². The SMILES string of the molecule is CC(C)=CC(=O)CCC(C)CCC(=O)C=C(C)C. The fraction of sp³-hybridized carbons (Fsp3) is 0.625. The Kier molecular flexibility index (Phi) is 8.27. The van der Waals surface area contributed by atoms with Gasteiger partial charge in [0.2, 0.25) is 0 Å². The average Bonchev–Trinajstić information content (AvgIpc) is 2.21. The summed E-state index contributed by atoms with van der Waals surface area (Å²) in [7, 11) is 0. The van der Waals surface area contributed by atoms with E-state index < -0.39 is 0 Å². The minimum absolute atomic E-state index is 0.192. The summed E-state index contributed by atoms with van der Waals surface area (Å²) in [6, 6.07) is 0. The molecule has 0 aromatic heterocycles. The van der Waals surface area contributed by atoms with Gasteiger partial charge in [0.25, 0.3) is 0 Å². The lowest BCUT2D eigenvalue weighted by Gasteiger charge is -2.08. The van der Waals surface area contributed by atoms with E-state index >= 15 is 0 Å². The molecule has 0 unspecified atom stereocenters. The van der Waals surface area contributed by atoms with Gasteiger partial charge in [-0.2, -0.15) is 0 Å². The number of rotatable bonds is 8. The van der Waals surface area contributed by atoms with Gasteiger partial charge in [-0.25, -0.2) is 0 Å². The highest BCUT2D eigenvalue weighted by Gasteiger charge is 2.07. The van der Waals surface area contributed by atoms with Crippen LogP contribution in [0.3, 0.4) is 0 Å². The normalized spacial score (nSPS) is 10.1. The molecule has 0 saturated carbocycles. The lowest BCUT2D eigenvalue weighted by Crippen LogP contribution is -2.03. The third-order valence-electron chi connectivity index (χ3n) is 2.67. The molecule has 0 bridgehead atoms. The molecule has 0 spiro atoms. The Balaban J connectivity index is 3.89. The Hall–Kier alpha value is -1.18. The summed E-state index contributed by atoms with van der Waals surface area (Å²) in [5, 5.41) is 0. The molecular formula is C16H26O2. The van der Waals surface area contributed by atoms with Crippen LogP contribution in [0.4, 0.5) is 0 Å². The second-order valence-electron chi connectivity index (χ2n) is 5.56. The summed E-state index contributed by atoms with van der Waals surface area (Å²) in [5.74, 6) is 0.809. The summed E-state index contributed by atoms with van der Waals surface area (Å²) in [6.07, 6.45) is 6.30. The monoisotopic (exact) mass is 250 g/mol. The van der Waals surface area contributed by atoms with Crippen molar-refractivity contribution in [3.63, 3.8) is 0 Å². The van der Waals surface area contributed by atoms with Gasteiger partial charge in [0, 0.05) is 12.8 Å². The topological polar surface area (TPSA) is 34.1 Å². The van der Waals surface area contributed by atoms with E-state index in [1.54, 1.807) is 12.2 Å². The molecule has 0 aliphatic heterocycles. The zero-order valence-electron chi connectivity index (χ0n) is 12.4. The predicted molar refractivity (Wildman–Crippen MR) is 76.5 cm³/mol. The molecule has 102 valence electrons. The van der Waals surface area contributed by atoms with E-state index in [1.807, 2.05) is 27.7 Å². The minimum Gasteiger partial charge on any atom is -0.295 e. The average molecular weight is 250 g/mol. The van der Waals surface area contributed by atoms with Gasteiger partial charge in [0.15, 0.2) is 11.6 Å². The molecule has 0 fully saturated rings. The number of carbonyl (C=O) groups excluding carboxylic acids is 2. The number of ketones is 2. The van der Waals surface area contributed by atoms with Crippen LogP contribution in [0.5, 0.6) is 0 Å². The Morgan fingerprint density at radius 1 is 0.833 bits per heavy atom. The first-order chi connectivity index (χ1) is 8.31. The standard InChI is InChI=1S/C16H26O2/c1-12(2)10-15(17)8-6-14(5)7-9-16(18)11-13(3)4/h10-11,14H,6-9H2,1-5H3. The lowest BCUT2D eigenvalue weighted by molar-refractivity contribution is -0.115. The van der Waals surface area contributed by atoms with Crippen LogP contribution in [0.15, 0.2) is 23.3 Å². The van der Waals surface area contributed by atoms with Crippen LogP contribution in [0.25, 0.3) is 0 Å². The molecule has 0 aromatic rings. The van der Waals surface area contributed by atoms with Crippen LogP contribution in [-0.4, -0.2) is 11.6 Å². The van der Waals surface area contributed by atoms with Gasteiger partial charge in [0.05, 0.1) is 0 Å². The number of allylic oxidation sites excluding steroid dienone is 4. The molecule has 2 nitrogen and oxygen atoms in total. The smallest absolute Gasteiger partial charge is 0.155 e. The maximum Gasteiger partial charge on any atom is 0.155 e.